The lowest BCUT2D eigenvalue weighted by Crippen LogP contribution is -2.49. The summed E-state index contributed by atoms with van der Waals surface area (Å²) in [5, 5.41) is 0. The van der Waals surface area contributed by atoms with Crippen molar-refractivity contribution in [3.8, 4) is 0 Å². The minimum atomic E-state index is -0.379. The average molecular weight is 228 g/mol. The molecule has 0 spiro atoms. The highest BCUT2D eigenvalue weighted by Crippen LogP contribution is 2.21. The topological polar surface area (TPSA) is 55.6 Å². The first-order valence-corrected chi connectivity index (χ1v) is 5.96. The van der Waals surface area contributed by atoms with Gasteiger partial charge in [0.1, 0.15) is 0 Å². The molecule has 1 aliphatic rings. The van der Waals surface area contributed by atoms with E-state index in [0.29, 0.717) is 6.42 Å². The molecule has 0 aromatic rings. The Morgan fingerprint density at radius 1 is 1.56 bits per heavy atom. The number of methoxy groups -OCH3 is 1. The molecule has 94 valence electrons. The minimum Gasteiger partial charge on any atom is -0.378 e. The van der Waals surface area contributed by atoms with Crippen LogP contribution in [0.5, 0.6) is 0 Å². The number of rotatable bonds is 3. The van der Waals surface area contributed by atoms with E-state index >= 15 is 0 Å². The van der Waals surface area contributed by atoms with Gasteiger partial charge in [-0.05, 0) is 33.6 Å². The van der Waals surface area contributed by atoms with Gasteiger partial charge in [-0.15, -0.1) is 0 Å². The van der Waals surface area contributed by atoms with Crippen LogP contribution in [-0.4, -0.2) is 42.1 Å². The number of hydrogen-bond donors (Lipinski definition) is 1. The molecule has 0 radical (unpaired) electrons. The monoisotopic (exact) mass is 228 g/mol. The molecule has 0 aromatic heterocycles. The molecule has 0 bridgehead atoms. The second-order valence-electron chi connectivity index (χ2n) is 5.36. The number of ether oxygens (including phenoxy) is 1. The number of carbonyl (C=O) groups excluding carboxylic acids is 1. The molecular formula is C12H24N2O2. The van der Waals surface area contributed by atoms with Crippen molar-refractivity contribution >= 4 is 5.91 Å². The molecule has 1 fully saturated rings. The van der Waals surface area contributed by atoms with Gasteiger partial charge in [0.05, 0.1) is 12.0 Å². The van der Waals surface area contributed by atoms with Crippen molar-refractivity contribution in [1.82, 2.24) is 4.90 Å². The quantitative estimate of drug-likeness (QED) is 0.788. The van der Waals surface area contributed by atoms with Gasteiger partial charge in [0.15, 0.2) is 0 Å². The molecule has 2 unspecified atom stereocenters. The number of nitrogens with zero attached hydrogens (tertiary/aromatic N) is 1. The molecule has 0 saturated carbocycles. The van der Waals surface area contributed by atoms with Gasteiger partial charge in [0, 0.05) is 25.7 Å². The lowest BCUT2D eigenvalue weighted by molar-refractivity contribution is -0.139. The van der Waals surface area contributed by atoms with E-state index in [0.717, 1.165) is 19.4 Å². The first-order valence-electron chi connectivity index (χ1n) is 5.96. The summed E-state index contributed by atoms with van der Waals surface area (Å²) in [4.78, 5) is 14.0. The van der Waals surface area contributed by atoms with Gasteiger partial charge in [-0.3, -0.25) is 4.79 Å². The van der Waals surface area contributed by atoms with Crippen LogP contribution in [0, 0.1) is 0 Å². The molecule has 2 N–H and O–H groups in total. The van der Waals surface area contributed by atoms with Crippen molar-refractivity contribution in [3.63, 3.8) is 0 Å². The summed E-state index contributed by atoms with van der Waals surface area (Å²) in [5.74, 6) is 0.172. The van der Waals surface area contributed by atoms with Gasteiger partial charge >= 0.3 is 0 Å². The summed E-state index contributed by atoms with van der Waals surface area (Å²) >= 11 is 0. The van der Waals surface area contributed by atoms with Crippen molar-refractivity contribution in [2.45, 2.75) is 57.7 Å². The number of carbonyl (C=O) groups is 1. The molecule has 1 saturated heterocycles. The van der Waals surface area contributed by atoms with Crippen LogP contribution in [-0.2, 0) is 9.53 Å². The summed E-state index contributed by atoms with van der Waals surface area (Å²) in [6.45, 7) is 6.72. The lowest BCUT2D eigenvalue weighted by Gasteiger charge is -2.38. The summed E-state index contributed by atoms with van der Waals surface area (Å²) < 4.78 is 5.28. The van der Waals surface area contributed by atoms with Gasteiger partial charge in [0.25, 0.3) is 0 Å². The highest BCUT2D eigenvalue weighted by Gasteiger charge is 2.30. The summed E-state index contributed by atoms with van der Waals surface area (Å²) in [6.07, 6.45) is 2.24. The fourth-order valence-corrected chi connectivity index (χ4v) is 2.12. The Morgan fingerprint density at radius 3 is 2.69 bits per heavy atom. The number of nitrogens with two attached hydrogens (primary N) is 1. The number of hydrogen-bond acceptors (Lipinski definition) is 3. The molecule has 1 heterocycles. The molecule has 1 rings (SSSR count). The molecule has 4 heteroatoms. The maximum Gasteiger partial charge on any atom is 0.225 e. The third-order valence-electron chi connectivity index (χ3n) is 3.37. The maximum atomic E-state index is 12.1. The molecule has 1 aliphatic heterocycles. The molecule has 0 aromatic carbocycles. The highest BCUT2D eigenvalue weighted by atomic mass is 16.5. The molecular weight excluding hydrogens is 204 g/mol. The van der Waals surface area contributed by atoms with E-state index in [1.165, 1.54) is 0 Å². The first kappa shape index (κ1) is 13.5. The van der Waals surface area contributed by atoms with Crippen LogP contribution < -0.4 is 5.73 Å². The van der Waals surface area contributed by atoms with Gasteiger partial charge in [0.2, 0.25) is 5.91 Å². The van der Waals surface area contributed by atoms with E-state index in [2.05, 4.69) is 6.92 Å². The Morgan fingerprint density at radius 2 is 2.19 bits per heavy atom. The summed E-state index contributed by atoms with van der Waals surface area (Å²) in [5.41, 5.74) is 5.50. The van der Waals surface area contributed by atoms with Crippen LogP contribution in [0.2, 0.25) is 0 Å². The highest BCUT2D eigenvalue weighted by molar-refractivity contribution is 5.77. The van der Waals surface area contributed by atoms with Crippen molar-refractivity contribution in [1.29, 1.82) is 0 Å². The van der Waals surface area contributed by atoms with E-state index in [-0.39, 0.29) is 23.6 Å². The molecule has 2 atom stereocenters. The zero-order chi connectivity index (χ0) is 12.3. The van der Waals surface area contributed by atoms with Gasteiger partial charge < -0.3 is 15.4 Å². The number of likely N-dealkylation sites (tertiary alicyclic amines) is 1. The zero-order valence-corrected chi connectivity index (χ0v) is 10.8. The minimum absolute atomic E-state index is 0.172. The van der Waals surface area contributed by atoms with Gasteiger partial charge in [-0.2, -0.15) is 0 Å². The maximum absolute atomic E-state index is 12.1. The van der Waals surface area contributed by atoms with Crippen LogP contribution in [0.3, 0.4) is 0 Å². The second-order valence-corrected chi connectivity index (χ2v) is 5.36. The summed E-state index contributed by atoms with van der Waals surface area (Å²) in [6, 6.07) is 0.499. The van der Waals surface area contributed by atoms with Crippen molar-refractivity contribution in [3.05, 3.63) is 0 Å². The first-order chi connectivity index (χ1) is 7.35. The Hall–Kier alpha value is -0.610. The fraction of sp³-hybridized carbons (Fsp3) is 0.917. The van der Waals surface area contributed by atoms with Crippen molar-refractivity contribution in [2.24, 2.45) is 5.73 Å². The average Bonchev–Trinajstić information content (AvgIpc) is 2.16. The third-order valence-corrected chi connectivity index (χ3v) is 3.37. The molecule has 4 nitrogen and oxygen atoms in total. The standard InChI is InChI=1S/C12H24N2O2/c1-9-7-10(13)5-6-14(9)11(15)8-12(2,3)16-4/h9-10H,5-8,13H2,1-4H3. The largest absolute Gasteiger partial charge is 0.378 e. The Bertz CT molecular complexity index is 253. The van der Waals surface area contributed by atoms with Crippen LogP contribution in [0.4, 0.5) is 0 Å². The van der Waals surface area contributed by atoms with Crippen LogP contribution in [0.1, 0.15) is 40.0 Å². The number of amides is 1. The number of piperidine rings is 1. The SMILES string of the molecule is COC(C)(C)CC(=O)N1CCC(N)CC1C. The van der Waals surface area contributed by atoms with E-state index < -0.39 is 0 Å². The van der Waals surface area contributed by atoms with E-state index in [1.54, 1.807) is 7.11 Å². The smallest absolute Gasteiger partial charge is 0.225 e. The molecule has 0 aliphatic carbocycles. The normalized spacial score (nSPS) is 26.9. The van der Waals surface area contributed by atoms with Crippen molar-refractivity contribution < 1.29 is 9.53 Å². The zero-order valence-electron chi connectivity index (χ0n) is 10.8. The predicted molar refractivity (Wildman–Crippen MR) is 64.1 cm³/mol. The van der Waals surface area contributed by atoms with Crippen LogP contribution >= 0.6 is 0 Å². The van der Waals surface area contributed by atoms with Crippen LogP contribution in [0.15, 0.2) is 0 Å². The fourth-order valence-electron chi connectivity index (χ4n) is 2.12. The predicted octanol–water partition coefficient (Wildman–Crippen LogP) is 1.14. The Labute approximate surface area is 98.1 Å². The van der Waals surface area contributed by atoms with Gasteiger partial charge in [-0.25, -0.2) is 0 Å². The van der Waals surface area contributed by atoms with E-state index in [1.807, 2.05) is 18.7 Å². The molecule has 16 heavy (non-hydrogen) atoms. The van der Waals surface area contributed by atoms with E-state index in [4.69, 9.17) is 10.5 Å². The van der Waals surface area contributed by atoms with E-state index in [9.17, 15) is 4.79 Å². The molecule has 1 amide bonds. The summed E-state index contributed by atoms with van der Waals surface area (Å²) in [7, 11) is 1.64. The third kappa shape index (κ3) is 3.46. The van der Waals surface area contributed by atoms with Crippen molar-refractivity contribution in [2.75, 3.05) is 13.7 Å². The van der Waals surface area contributed by atoms with Gasteiger partial charge in [-0.1, -0.05) is 0 Å². The Kier molecular flexibility index (Phi) is 4.33. The van der Waals surface area contributed by atoms with Crippen LogP contribution in [0.25, 0.3) is 0 Å². The lowest BCUT2D eigenvalue weighted by atomic mass is 9.97. The Balaban J connectivity index is 2.54. The second kappa shape index (κ2) is 5.15.